The third kappa shape index (κ3) is 2.70. The molecule has 82 valence electrons. The van der Waals surface area contributed by atoms with Crippen LogP contribution >= 0.6 is 0 Å². The van der Waals surface area contributed by atoms with Crippen molar-refractivity contribution in [3.8, 4) is 0 Å². The molecule has 0 aromatic heterocycles. The molecule has 2 atom stereocenters. The van der Waals surface area contributed by atoms with Crippen LogP contribution in [0.4, 0.5) is 0 Å². The summed E-state index contributed by atoms with van der Waals surface area (Å²) in [6.07, 6.45) is 1.81. The van der Waals surface area contributed by atoms with Crippen LogP contribution in [-0.2, 0) is 14.6 Å². The molecule has 1 saturated heterocycles. The highest BCUT2D eigenvalue weighted by Crippen LogP contribution is 2.28. The van der Waals surface area contributed by atoms with Crippen LogP contribution < -0.4 is 0 Å². The van der Waals surface area contributed by atoms with Gasteiger partial charge in [-0.15, -0.1) is 0 Å². The van der Waals surface area contributed by atoms with E-state index in [0.717, 1.165) is 6.42 Å². The number of carboxylic acid groups (broad SMARTS) is 1. The second kappa shape index (κ2) is 4.29. The van der Waals surface area contributed by atoms with Crippen molar-refractivity contribution >= 4 is 15.8 Å². The molecule has 2 unspecified atom stereocenters. The fraction of sp³-hybridized carbons (Fsp3) is 0.889. The summed E-state index contributed by atoms with van der Waals surface area (Å²) in [5.74, 6) is -1.41. The Labute approximate surface area is 84.2 Å². The van der Waals surface area contributed by atoms with Crippen molar-refractivity contribution in [2.45, 2.75) is 26.2 Å². The van der Waals surface area contributed by atoms with E-state index in [2.05, 4.69) is 0 Å². The fourth-order valence-electron chi connectivity index (χ4n) is 2.05. The maximum Gasteiger partial charge on any atom is 0.306 e. The smallest absolute Gasteiger partial charge is 0.306 e. The molecular weight excluding hydrogens is 204 g/mol. The molecule has 1 aliphatic rings. The molecule has 0 aromatic rings. The molecule has 1 aliphatic heterocycles. The lowest BCUT2D eigenvalue weighted by Gasteiger charge is -2.27. The predicted molar refractivity (Wildman–Crippen MR) is 52.8 cm³/mol. The van der Waals surface area contributed by atoms with Gasteiger partial charge in [0.15, 0.2) is 9.84 Å². The van der Waals surface area contributed by atoms with Gasteiger partial charge in [0.2, 0.25) is 0 Å². The van der Waals surface area contributed by atoms with Gasteiger partial charge in [0.1, 0.15) is 0 Å². The SMILES string of the molecule is CCCC1CS(=O)(=O)CCC1C(=O)O. The maximum atomic E-state index is 11.3. The summed E-state index contributed by atoms with van der Waals surface area (Å²) >= 11 is 0. The number of hydrogen-bond acceptors (Lipinski definition) is 3. The van der Waals surface area contributed by atoms with Crippen molar-refractivity contribution < 1.29 is 18.3 Å². The highest BCUT2D eigenvalue weighted by Gasteiger charge is 2.36. The molecule has 14 heavy (non-hydrogen) atoms. The summed E-state index contributed by atoms with van der Waals surface area (Å²) in [7, 11) is -2.98. The first-order valence-corrected chi connectivity index (χ1v) is 6.71. The summed E-state index contributed by atoms with van der Waals surface area (Å²) in [5, 5.41) is 8.91. The zero-order valence-electron chi connectivity index (χ0n) is 8.27. The highest BCUT2D eigenvalue weighted by molar-refractivity contribution is 7.91. The summed E-state index contributed by atoms with van der Waals surface area (Å²) in [6, 6.07) is 0. The van der Waals surface area contributed by atoms with Crippen LogP contribution in [0.3, 0.4) is 0 Å². The summed E-state index contributed by atoms with van der Waals surface area (Å²) in [4.78, 5) is 10.9. The van der Waals surface area contributed by atoms with E-state index in [9.17, 15) is 13.2 Å². The first-order chi connectivity index (χ1) is 6.46. The first-order valence-electron chi connectivity index (χ1n) is 4.89. The molecule has 0 spiro atoms. The third-order valence-corrected chi connectivity index (χ3v) is 4.55. The van der Waals surface area contributed by atoms with Crippen LogP contribution in [0.1, 0.15) is 26.2 Å². The molecule has 1 N–H and O–H groups in total. The molecule has 0 radical (unpaired) electrons. The summed E-state index contributed by atoms with van der Waals surface area (Å²) in [5.41, 5.74) is 0. The minimum Gasteiger partial charge on any atom is -0.481 e. The Hall–Kier alpha value is -0.580. The minimum atomic E-state index is -2.98. The van der Waals surface area contributed by atoms with Gasteiger partial charge in [0.25, 0.3) is 0 Å². The van der Waals surface area contributed by atoms with Gasteiger partial charge in [-0.3, -0.25) is 4.79 Å². The Kier molecular flexibility index (Phi) is 3.53. The van der Waals surface area contributed by atoms with E-state index < -0.39 is 21.7 Å². The van der Waals surface area contributed by atoms with Gasteiger partial charge in [-0.1, -0.05) is 13.3 Å². The molecule has 1 heterocycles. The van der Waals surface area contributed by atoms with Crippen molar-refractivity contribution in [1.29, 1.82) is 0 Å². The normalized spacial score (nSPS) is 31.2. The van der Waals surface area contributed by atoms with Gasteiger partial charge in [0, 0.05) is 0 Å². The number of carboxylic acids is 1. The quantitative estimate of drug-likeness (QED) is 0.767. The van der Waals surface area contributed by atoms with Gasteiger partial charge in [-0.25, -0.2) is 8.42 Å². The summed E-state index contributed by atoms with van der Waals surface area (Å²) < 4.78 is 22.6. The lowest BCUT2D eigenvalue weighted by atomic mass is 9.88. The zero-order chi connectivity index (χ0) is 10.8. The van der Waals surface area contributed by atoms with Crippen LogP contribution in [0.25, 0.3) is 0 Å². The van der Waals surface area contributed by atoms with Gasteiger partial charge in [-0.05, 0) is 18.8 Å². The van der Waals surface area contributed by atoms with Crippen molar-refractivity contribution in [2.24, 2.45) is 11.8 Å². The number of hydrogen-bond donors (Lipinski definition) is 1. The van der Waals surface area contributed by atoms with E-state index >= 15 is 0 Å². The second-order valence-corrected chi connectivity index (χ2v) is 6.13. The lowest BCUT2D eigenvalue weighted by Crippen LogP contribution is -2.36. The van der Waals surface area contributed by atoms with Crippen LogP contribution in [0, 0.1) is 11.8 Å². The molecule has 5 heteroatoms. The van der Waals surface area contributed by atoms with Crippen molar-refractivity contribution in [3.63, 3.8) is 0 Å². The van der Waals surface area contributed by atoms with E-state index in [1.807, 2.05) is 6.92 Å². The molecule has 4 nitrogen and oxygen atoms in total. The topological polar surface area (TPSA) is 71.4 Å². The van der Waals surface area contributed by atoms with E-state index in [1.165, 1.54) is 0 Å². The zero-order valence-corrected chi connectivity index (χ0v) is 9.09. The van der Waals surface area contributed by atoms with E-state index in [0.29, 0.717) is 6.42 Å². The Morgan fingerprint density at radius 1 is 1.50 bits per heavy atom. The highest BCUT2D eigenvalue weighted by atomic mass is 32.2. The number of aliphatic carboxylic acids is 1. The van der Waals surface area contributed by atoms with Gasteiger partial charge < -0.3 is 5.11 Å². The molecule has 1 rings (SSSR count). The summed E-state index contributed by atoms with van der Waals surface area (Å²) in [6.45, 7) is 1.94. The molecule has 0 aromatic carbocycles. The number of rotatable bonds is 3. The van der Waals surface area contributed by atoms with Crippen molar-refractivity contribution in [2.75, 3.05) is 11.5 Å². The van der Waals surface area contributed by atoms with Gasteiger partial charge in [-0.2, -0.15) is 0 Å². The van der Waals surface area contributed by atoms with Gasteiger partial charge in [0.05, 0.1) is 17.4 Å². The predicted octanol–water partition coefficient (Wildman–Crippen LogP) is 0.922. The number of carbonyl (C=O) groups is 1. The van der Waals surface area contributed by atoms with E-state index in [1.54, 1.807) is 0 Å². The molecule has 0 saturated carbocycles. The Morgan fingerprint density at radius 3 is 2.64 bits per heavy atom. The van der Waals surface area contributed by atoms with Gasteiger partial charge >= 0.3 is 5.97 Å². The monoisotopic (exact) mass is 220 g/mol. The van der Waals surface area contributed by atoms with Crippen LogP contribution in [0.15, 0.2) is 0 Å². The molecule has 1 fully saturated rings. The standard InChI is InChI=1S/C9H16O4S/c1-2-3-7-6-14(12,13)5-4-8(7)9(10)11/h7-8H,2-6H2,1H3,(H,10,11). The third-order valence-electron chi connectivity index (χ3n) is 2.75. The van der Waals surface area contributed by atoms with Crippen LogP contribution in [-0.4, -0.2) is 31.0 Å². The number of sulfone groups is 1. The Morgan fingerprint density at radius 2 is 2.14 bits per heavy atom. The fourth-order valence-corrected chi connectivity index (χ4v) is 3.88. The maximum absolute atomic E-state index is 11.3. The molecule has 0 bridgehead atoms. The first kappa shape index (κ1) is 11.5. The molecule has 0 aliphatic carbocycles. The molecular formula is C9H16O4S. The van der Waals surface area contributed by atoms with Crippen LogP contribution in [0.5, 0.6) is 0 Å². The second-order valence-electron chi connectivity index (χ2n) is 3.90. The van der Waals surface area contributed by atoms with E-state index in [4.69, 9.17) is 5.11 Å². The van der Waals surface area contributed by atoms with E-state index in [-0.39, 0.29) is 23.8 Å². The Balaban J connectivity index is 2.75. The largest absolute Gasteiger partial charge is 0.481 e. The lowest BCUT2D eigenvalue weighted by molar-refractivity contribution is -0.143. The average Bonchev–Trinajstić information content (AvgIpc) is 2.02. The van der Waals surface area contributed by atoms with Crippen molar-refractivity contribution in [1.82, 2.24) is 0 Å². The average molecular weight is 220 g/mol. The Bertz CT molecular complexity index is 307. The van der Waals surface area contributed by atoms with Crippen molar-refractivity contribution in [3.05, 3.63) is 0 Å². The van der Waals surface area contributed by atoms with Crippen LogP contribution in [0.2, 0.25) is 0 Å². The minimum absolute atomic E-state index is 0.0319. The molecule has 0 amide bonds.